The summed E-state index contributed by atoms with van der Waals surface area (Å²) < 4.78 is 29.7. The van der Waals surface area contributed by atoms with Crippen molar-refractivity contribution in [1.29, 1.82) is 0 Å². The number of imidazole rings is 1. The molecule has 2 aromatic heterocycles. The van der Waals surface area contributed by atoms with E-state index in [4.69, 9.17) is 4.98 Å². The van der Waals surface area contributed by atoms with Gasteiger partial charge in [0.1, 0.15) is 11.6 Å². The highest BCUT2D eigenvalue weighted by Gasteiger charge is 2.20. The Labute approximate surface area is 166 Å². The molecule has 1 N–H and O–H groups in total. The molecule has 8 heteroatoms. The molecular formula is C20H27N5O2S. The number of fused-ring (bicyclic) bond motifs is 1. The normalized spacial score (nSPS) is 12.6. The number of aromatic nitrogens is 4. The lowest BCUT2D eigenvalue weighted by molar-refractivity contribution is 0.570. The smallest absolute Gasteiger partial charge is 0.240 e. The Bertz CT molecular complexity index is 1080. The summed E-state index contributed by atoms with van der Waals surface area (Å²) in [5.41, 5.74) is 2.31. The first-order valence-electron chi connectivity index (χ1n) is 9.46. The molecule has 1 aromatic carbocycles. The summed E-state index contributed by atoms with van der Waals surface area (Å²) in [6.07, 6.45) is 3.56. The second-order valence-corrected chi connectivity index (χ2v) is 9.52. The Hall–Kier alpha value is -2.32. The fourth-order valence-corrected chi connectivity index (χ4v) is 4.37. The summed E-state index contributed by atoms with van der Waals surface area (Å²) in [7, 11) is -3.58. The van der Waals surface area contributed by atoms with Gasteiger partial charge in [0.2, 0.25) is 10.0 Å². The van der Waals surface area contributed by atoms with Crippen molar-refractivity contribution in [2.45, 2.75) is 64.4 Å². The first-order valence-corrected chi connectivity index (χ1v) is 10.9. The number of sulfonamides is 1. The first kappa shape index (κ1) is 20.4. The molecule has 0 atom stereocenters. The van der Waals surface area contributed by atoms with Gasteiger partial charge in [-0.05, 0) is 45.9 Å². The average Bonchev–Trinajstić information content (AvgIpc) is 2.99. The zero-order valence-electron chi connectivity index (χ0n) is 17.1. The molecule has 0 bridgehead atoms. The third-order valence-corrected chi connectivity index (χ3v) is 5.98. The van der Waals surface area contributed by atoms with Crippen molar-refractivity contribution >= 4 is 21.1 Å². The second kappa shape index (κ2) is 7.60. The zero-order valence-corrected chi connectivity index (χ0v) is 17.9. The Morgan fingerprint density at radius 2 is 1.64 bits per heavy atom. The Kier molecular flexibility index (Phi) is 5.54. The number of nitrogens with one attached hydrogen (secondary N) is 1. The van der Waals surface area contributed by atoms with E-state index in [2.05, 4.69) is 33.1 Å². The Balaban J connectivity index is 2.14. The summed E-state index contributed by atoms with van der Waals surface area (Å²) in [6.45, 7) is 11.8. The van der Waals surface area contributed by atoms with Crippen molar-refractivity contribution in [3.05, 3.63) is 36.4 Å². The van der Waals surface area contributed by atoms with E-state index in [9.17, 15) is 8.42 Å². The molecule has 0 aliphatic rings. The van der Waals surface area contributed by atoms with Gasteiger partial charge in [0.25, 0.3) is 0 Å². The van der Waals surface area contributed by atoms with Crippen molar-refractivity contribution in [3.63, 3.8) is 0 Å². The van der Waals surface area contributed by atoms with Crippen LogP contribution in [0.5, 0.6) is 0 Å². The molecule has 0 radical (unpaired) electrons. The standard InChI is InChI=1S/C20H27N5O2S/c1-12(2)19-21-10-15(11-22-19)20-23-17-9-16(28(26,27)24-13(3)4)7-8-18(17)25(20)14(5)6/h7-14,24H,1-6H3. The molecule has 0 aliphatic heterocycles. The third kappa shape index (κ3) is 3.93. The molecule has 7 nitrogen and oxygen atoms in total. The van der Waals surface area contributed by atoms with Gasteiger partial charge in [0, 0.05) is 30.4 Å². The van der Waals surface area contributed by atoms with E-state index in [0.29, 0.717) is 5.52 Å². The number of rotatable bonds is 6. The van der Waals surface area contributed by atoms with Crippen LogP contribution in [0.2, 0.25) is 0 Å². The minimum absolute atomic E-state index is 0.140. The van der Waals surface area contributed by atoms with E-state index in [1.54, 1.807) is 38.4 Å². The lowest BCUT2D eigenvalue weighted by Crippen LogP contribution is -2.30. The summed E-state index contributed by atoms with van der Waals surface area (Å²) in [4.78, 5) is 13.8. The Morgan fingerprint density at radius 1 is 1.00 bits per heavy atom. The first-order chi connectivity index (χ1) is 13.1. The van der Waals surface area contributed by atoms with Crippen molar-refractivity contribution in [3.8, 4) is 11.4 Å². The summed E-state index contributed by atoms with van der Waals surface area (Å²) in [5.74, 6) is 1.76. The highest BCUT2D eigenvalue weighted by atomic mass is 32.2. The molecule has 0 spiro atoms. The minimum atomic E-state index is -3.58. The molecule has 0 saturated heterocycles. The van der Waals surface area contributed by atoms with E-state index in [-0.39, 0.29) is 22.9 Å². The van der Waals surface area contributed by atoms with Gasteiger partial charge >= 0.3 is 0 Å². The number of benzene rings is 1. The second-order valence-electron chi connectivity index (χ2n) is 7.81. The SMILES string of the molecule is CC(C)NS(=O)(=O)c1ccc2c(c1)nc(-c1cnc(C(C)C)nc1)n2C(C)C. The molecule has 3 rings (SSSR count). The van der Waals surface area contributed by atoms with Crippen LogP contribution >= 0.6 is 0 Å². The lowest BCUT2D eigenvalue weighted by atomic mass is 10.2. The Morgan fingerprint density at radius 3 is 2.18 bits per heavy atom. The molecule has 2 heterocycles. The van der Waals surface area contributed by atoms with Crippen molar-refractivity contribution in [2.75, 3.05) is 0 Å². The number of hydrogen-bond acceptors (Lipinski definition) is 5. The average molecular weight is 402 g/mol. The van der Waals surface area contributed by atoms with Gasteiger partial charge in [-0.3, -0.25) is 0 Å². The van der Waals surface area contributed by atoms with Gasteiger partial charge in [-0.25, -0.2) is 28.1 Å². The predicted octanol–water partition coefficient (Wildman–Crippen LogP) is 3.88. The van der Waals surface area contributed by atoms with E-state index < -0.39 is 10.0 Å². The van der Waals surface area contributed by atoms with Crippen LogP contribution in [0.25, 0.3) is 22.4 Å². The maximum Gasteiger partial charge on any atom is 0.240 e. The highest BCUT2D eigenvalue weighted by molar-refractivity contribution is 7.89. The van der Waals surface area contributed by atoms with Crippen LogP contribution in [-0.2, 0) is 10.0 Å². The van der Waals surface area contributed by atoms with Crippen LogP contribution in [0.15, 0.2) is 35.5 Å². The van der Waals surface area contributed by atoms with E-state index in [1.165, 1.54) is 0 Å². The quantitative estimate of drug-likeness (QED) is 0.677. The fourth-order valence-electron chi connectivity index (χ4n) is 3.10. The van der Waals surface area contributed by atoms with Crippen LogP contribution in [-0.4, -0.2) is 34.0 Å². The van der Waals surface area contributed by atoms with Gasteiger partial charge in [0.15, 0.2) is 0 Å². The van der Waals surface area contributed by atoms with E-state index >= 15 is 0 Å². The summed E-state index contributed by atoms with van der Waals surface area (Å²) in [6, 6.07) is 5.01. The molecule has 28 heavy (non-hydrogen) atoms. The molecule has 0 fully saturated rings. The van der Waals surface area contributed by atoms with Crippen molar-refractivity contribution in [2.24, 2.45) is 0 Å². The monoisotopic (exact) mass is 401 g/mol. The molecular weight excluding hydrogens is 374 g/mol. The van der Waals surface area contributed by atoms with Gasteiger partial charge in [-0.15, -0.1) is 0 Å². The topological polar surface area (TPSA) is 89.8 Å². The van der Waals surface area contributed by atoms with Crippen LogP contribution in [0.1, 0.15) is 59.3 Å². The highest BCUT2D eigenvalue weighted by Crippen LogP contribution is 2.29. The van der Waals surface area contributed by atoms with E-state index in [1.807, 2.05) is 19.9 Å². The maximum absolute atomic E-state index is 12.5. The molecule has 0 aliphatic carbocycles. The van der Waals surface area contributed by atoms with Gasteiger partial charge in [-0.2, -0.15) is 0 Å². The molecule has 0 unspecified atom stereocenters. The molecule has 0 saturated carbocycles. The van der Waals surface area contributed by atoms with Crippen LogP contribution in [0.3, 0.4) is 0 Å². The van der Waals surface area contributed by atoms with Crippen molar-refractivity contribution < 1.29 is 8.42 Å². The van der Waals surface area contributed by atoms with Crippen LogP contribution in [0.4, 0.5) is 0 Å². The summed E-state index contributed by atoms with van der Waals surface area (Å²) in [5, 5.41) is 0. The molecule has 3 aromatic rings. The van der Waals surface area contributed by atoms with Gasteiger partial charge < -0.3 is 4.57 Å². The lowest BCUT2D eigenvalue weighted by Gasteiger charge is -2.13. The number of hydrogen-bond donors (Lipinski definition) is 1. The summed E-state index contributed by atoms with van der Waals surface area (Å²) >= 11 is 0. The van der Waals surface area contributed by atoms with Gasteiger partial charge in [0.05, 0.1) is 21.5 Å². The number of nitrogens with zero attached hydrogens (tertiary/aromatic N) is 4. The van der Waals surface area contributed by atoms with Crippen LogP contribution < -0.4 is 4.72 Å². The van der Waals surface area contributed by atoms with Crippen molar-refractivity contribution in [1.82, 2.24) is 24.2 Å². The van der Waals surface area contributed by atoms with E-state index in [0.717, 1.165) is 22.7 Å². The third-order valence-electron chi connectivity index (χ3n) is 4.32. The maximum atomic E-state index is 12.5. The minimum Gasteiger partial charge on any atom is -0.321 e. The molecule has 150 valence electrons. The van der Waals surface area contributed by atoms with Gasteiger partial charge in [-0.1, -0.05) is 13.8 Å². The molecule has 0 amide bonds. The predicted molar refractivity (Wildman–Crippen MR) is 111 cm³/mol. The zero-order chi connectivity index (χ0) is 20.6. The largest absolute Gasteiger partial charge is 0.321 e. The van der Waals surface area contributed by atoms with Crippen LogP contribution in [0, 0.1) is 0 Å². The fraction of sp³-hybridized carbons (Fsp3) is 0.450.